The van der Waals surface area contributed by atoms with E-state index in [0.717, 1.165) is 19.3 Å². The average Bonchev–Trinajstić information content (AvgIpc) is 3.08. The Bertz CT molecular complexity index is 827. The Kier molecular flexibility index (Phi) is 5.99. The Hall–Kier alpha value is -1.85. The molecule has 0 radical (unpaired) electrons. The van der Waals surface area contributed by atoms with Crippen LogP contribution >= 0.6 is 22.9 Å². The fourth-order valence-corrected chi connectivity index (χ4v) is 4.53. The van der Waals surface area contributed by atoms with E-state index in [9.17, 15) is 9.59 Å². The van der Waals surface area contributed by atoms with E-state index in [0.29, 0.717) is 27.1 Å². The highest BCUT2D eigenvalue weighted by Crippen LogP contribution is 2.33. The van der Waals surface area contributed by atoms with E-state index in [-0.39, 0.29) is 12.4 Å². The Labute approximate surface area is 162 Å². The molecule has 1 aliphatic carbocycles. The molecular weight excluding hydrogens is 372 g/mol. The summed E-state index contributed by atoms with van der Waals surface area (Å²) in [6.45, 7) is 1.90. The molecular formula is C20H21ClO4S. The number of Topliss-reactive ketones (excluding diaryl/α,β-unsaturated/α-hetero) is 1. The van der Waals surface area contributed by atoms with Gasteiger partial charge < -0.3 is 9.47 Å². The van der Waals surface area contributed by atoms with Gasteiger partial charge in [-0.1, -0.05) is 24.9 Å². The standard InChI is InChI=1S/C20H21ClO4S/c1-3-12-4-7-18-14(8-12)10-19(26-18)20(23)25-11-16(22)13-5-6-17(24-2)15(21)9-13/h5-6,9-10,12H,3-4,7-8,11H2,1-2H3/t12-/m1/s1. The van der Waals surface area contributed by atoms with Gasteiger partial charge in [-0.3, -0.25) is 4.79 Å². The van der Waals surface area contributed by atoms with Crippen LogP contribution in [0.2, 0.25) is 5.02 Å². The summed E-state index contributed by atoms with van der Waals surface area (Å²) in [5, 5.41) is 0.348. The Morgan fingerprint density at radius 1 is 1.31 bits per heavy atom. The van der Waals surface area contributed by atoms with E-state index in [1.165, 1.54) is 41.4 Å². The summed E-state index contributed by atoms with van der Waals surface area (Å²) < 4.78 is 10.3. The second-order valence-electron chi connectivity index (χ2n) is 6.42. The molecule has 0 unspecified atom stereocenters. The van der Waals surface area contributed by atoms with Crippen molar-refractivity contribution in [3.8, 4) is 5.75 Å². The smallest absolute Gasteiger partial charge is 0.348 e. The molecule has 0 fully saturated rings. The van der Waals surface area contributed by atoms with Gasteiger partial charge in [-0.15, -0.1) is 11.3 Å². The first kappa shape index (κ1) is 18.9. The van der Waals surface area contributed by atoms with Gasteiger partial charge in [0.2, 0.25) is 0 Å². The highest BCUT2D eigenvalue weighted by Gasteiger charge is 2.23. The van der Waals surface area contributed by atoms with Crippen LogP contribution in [0.4, 0.5) is 0 Å². The van der Waals surface area contributed by atoms with Crippen LogP contribution in [0.25, 0.3) is 0 Å². The fraction of sp³-hybridized carbons (Fsp3) is 0.400. The normalized spacial score (nSPS) is 16.0. The monoisotopic (exact) mass is 392 g/mol. The Balaban J connectivity index is 1.61. The van der Waals surface area contributed by atoms with E-state index < -0.39 is 5.97 Å². The topological polar surface area (TPSA) is 52.6 Å². The van der Waals surface area contributed by atoms with E-state index in [1.807, 2.05) is 6.07 Å². The second-order valence-corrected chi connectivity index (χ2v) is 7.97. The predicted octanol–water partition coefficient (Wildman–Crippen LogP) is 4.96. The number of esters is 1. The summed E-state index contributed by atoms with van der Waals surface area (Å²) >= 11 is 7.52. The lowest BCUT2D eigenvalue weighted by molar-refractivity contribution is 0.0479. The molecule has 1 aliphatic rings. The first-order chi connectivity index (χ1) is 12.5. The van der Waals surface area contributed by atoms with Gasteiger partial charge in [0, 0.05) is 10.4 Å². The van der Waals surface area contributed by atoms with Gasteiger partial charge in [-0.2, -0.15) is 0 Å². The van der Waals surface area contributed by atoms with Crippen molar-refractivity contribution in [3.63, 3.8) is 0 Å². The molecule has 26 heavy (non-hydrogen) atoms. The number of aryl methyl sites for hydroxylation is 1. The average molecular weight is 393 g/mol. The zero-order valence-corrected chi connectivity index (χ0v) is 16.4. The molecule has 3 rings (SSSR count). The maximum absolute atomic E-state index is 12.3. The summed E-state index contributed by atoms with van der Waals surface area (Å²) in [7, 11) is 1.51. The number of rotatable bonds is 6. The fourth-order valence-electron chi connectivity index (χ4n) is 3.17. The van der Waals surface area contributed by atoms with E-state index in [2.05, 4.69) is 6.92 Å². The largest absolute Gasteiger partial charge is 0.495 e. The highest BCUT2D eigenvalue weighted by molar-refractivity contribution is 7.14. The van der Waals surface area contributed by atoms with Gasteiger partial charge in [0.15, 0.2) is 12.4 Å². The molecule has 0 spiro atoms. The predicted molar refractivity (Wildman–Crippen MR) is 103 cm³/mol. The lowest BCUT2D eigenvalue weighted by Gasteiger charge is -2.19. The Morgan fingerprint density at radius 3 is 2.81 bits per heavy atom. The summed E-state index contributed by atoms with van der Waals surface area (Å²) in [6.07, 6.45) is 4.39. The zero-order valence-electron chi connectivity index (χ0n) is 14.8. The maximum atomic E-state index is 12.3. The van der Waals surface area contributed by atoms with Crippen LogP contribution in [0.3, 0.4) is 0 Å². The second kappa shape index (κ2) is 8.23. The van der Waals surface area contributed by atoms with Crippen molar-refractivity contribution >= 4 is 34.7 Å². The third-order valence-corrected chi connectivity index (χ3v) is 6.28. The number of hydrogen-bond donors (Lipinski definition) is 0. The number of benzene rings is 1. The van der Waals surface area contributed by atoms with Gasteiger partial charge in [0.25, 0.3) is 0 Å². The van der Waals surface area contributed by atoms with Crippen LogP contribution in [-0.2, 0) is 17.6 Å². The molecule has 0 amide bonds. The Morgan fingerprint density at radius 2 is 2.12 bits per heavy atom. The summed E-state index contributed by atoms with van der Waals surface area (Å²) in [4.78, 5) is 26.4. The van der Waals surface area contributed by atoms with Crippen molar-refractivity contribution < 1.29 is 19.1 Å². The van der Waals surface area contributed by atoms with Gasteiger partial charge in [-0.25, -0.2) is 4.79 Å². The number of carbonyl (C=O) groups excluding carboxylic acids is 2. The molecule has 138 valence electrons. The number of halogens is 1. The minimum atomic E-state index is -0.439. The van der Waals surface area contributed by atoms with Gasteiger partial charge in [-0.05, 0) is 55.0 Å². The SMILES string of the molecule is CC[C@@H]1CCc2sc(C(=O)OCC(=O)c3ccc(OC)c(Cl)c3)cc2C1. The van der Waals surface area contributed by atoms with E-state index >= 15 is 0 Å². The van der Waals surface area contributed by atoms with Gasteiger partial charge in [0.05, 0.1) is 12.1 Å². The molecule has 0 saturated carbocycles. The number of thiophene rings is 1. The van der Waals surface area contributed by atoms with Gasteiger partial charge >= 0.3 is 5.97 Å². The molecule has 0 N–H and O–H groups in total. The summed E-state index contributed by atoms with van der Waals surface area (Å²) in [5.74, 6) is 0.456. The van der Waals surface area contributed by atoms with Crippen LogP contribution in [0.1, 0.15) is 50.2 Å². The number of carbonyl (C=O) groups is 2. The molecule has 1 heterocycles. The summed E-state index contributed by atoms with van der Waals surface area (Å²) in [6, 6.07) is 6.68. The number of ketones is 1. The minimum absolute atomic E-state index is 0.296. The molecule has 6 heteroatoms. The van der Waals surface area contributed by atoms with Crippen molar-refractivity contribution in [2.24, 2.45) is 5.92 Å². The quantitative estimate of drug-likeness (QED) is 0.514. The molecule has 1 atom stereocenters. The van der Waals surface area contributed by atoms with Crippen molar-refractivity contribution in [2.45, 2.75) is 32.6 Å². The van der Waals surface area contributed by atoms with Crippen molar-refractivity contribution in [3.05, 3.63) is 50.2 Å². The highest BCUT2D eigenvalue weighted by atomic mass is 35.5. The van der Waals surface area contributed by atoms with Crippen LogP contribution in [0.15, 0.2) is 24.3 Å². The first-order valence-electron chi connectivity index (χ1n) is 8.67. The molecule has 0 bridgehead atoms. The number of ether oxygens (including phenoxy) is 2. The van der Waals surface area contributed by atoms with Crippen molar-refractivity contribution in [1.29, 1.82) is 0 Å². The lowest BCUT2D eigenvalue weighted by atomic mass is 9.87. The van der Waals surface area contributed by atoms with E-state index in [1.54, 1.807) is 12.1 Å². The number of methoxy groups -OCH3 is 1. The van der Waals surface area contributed by atoms with Crippen molar-refractivity contribution in [1.82, 2.24) is 0 Å². The molecule has 0 aliphatic heterocycles. The lowest BCUT2D eigenvalue weighted by Crippen LogP contribution is -2.13. The van der Waals surface area contributed by atoms with Crippen LogP contribution < -0.4 is 4.74 Å². The van der Waals surface area contributed by atoms with Crippen LogP contribution in [0, 0.1) is 5.92 Å². The van der Waals surface area contributed by atoms with Crippen LogP contribution in [-0.4, -0.2) is 25.5 Å². The molecule has 1 aromatic carbocycles. The first-order valence-corrected chi connectivity index (χ1v) is 9.86. The van der Waals surface area contributed by atoms with Crippen LogP contribution in [0.5, 0.6) is 5.75 Å². The third kappa shape index (κ3) is 4.10. The zero-order chi connectivity index (χ0) is 18.7. The molecule has 4 nitrogen and oxygen atoms in total. The van der Waals surface area contributed by atoms with E-state index in [4.69, 9.17) is 21.1 Å². The molecule has 0 saturated heterocycles. The van der Waals surface area contributed by atoms with Crippen molar-refractivity contribution in [2.75, 3.05) is 13.7 Å². The maximum Gasteiger partial charge on any atom is 0.348 e. The number of fused-ring (bicyclic) bond motifs is 1. The number of hydrogen-bond acceptors (Lipinski definition) is 5. The van der Waals surface area contributed by atoms with Gasteiger partial charge in [0.1, 0.15) is 10.6 Å². The molecule has 2 aromatic rings. The third-order valence-electron chi connectivity index (χ3n) is 4.77. The molecule has 1 aromatic heterocycles. The summed E-state index contributed by atoms with van der Waals surface area (Å²) in [5.41, 5.74) is 1.65. The minimum Gasteiger partial charge on any atom is -0.495 e.